The molecule has 0 spiro atoms. The number of carbonyl (C=O) groups is 1. The highest BCUT2D eigenvalue weighted by molar-refractivity contribution is 7.09. The summed E-state index contributed by atoms with van der Waals surface area (Å²) in [6.45, 7) is 3.32. The second-order valence-electron chi connectivity index (χ2n) is 3.52. The molecule has 1 atom stereocenters. The first-order valence-electron chi connectivity index (χ1n) is 4.43. The van der Waals surface area contributed by atoms with E-state index in [2.05, 4.69) is 14.3 Å². The zero-order valence-electron chi connectivity index (χ0n) is 7.75. The second kappa shape index (κ2) is 3.53. The fourth-order valence-electron chi connectivity index (χ4n) is 1.49. The third-order valence-electron chi connectivity index (χ3n) is 2.63. The van der Waals surface area contributed by atoms with Gasteiger partial charge in [0.1, 0.15) is 6.33 Å². The summed E-state index contributed by atoms with van der Waals surface area (Å²) in [7, 11) is 0. The van der Waals surface area contributed by atoms with E-state index in [0.717, 1.165) is 18.2 Å². The molecule has 2 rings (SSSR count). The lowest BCUT2D eigenvalue weighted by atomic mass is 9.87. The maximum Gasteiger partial charge on any atom is 0.306 e. The molecule has 0 aromatic carbocycles. The monoisotopic (exact) mass is 213 g/mol. The molecular formula is C8H11N3O2S. The minimum absolute atomic E-state index is 0.247. The predicted octanol–water partition coefficient (Wildman–Crippen LogP) is 0.695. The first-order valence-corrected chi connectivity index (χ1v) is 5.20. The van der Waals surface area contributed by atoms with Gasteiger partial charge in [-0.15, -0.1) is 0 Å². The molecule has 0 aliphatic carbocycles. The minimum atomic E-state index is -0.716. The normalized spacial score (nSPS) is 19.1. The highest BCUT2D eigenvalue weighted by atomic mass is 32.1. The molecule has 0 saturated carbocycles. The van der Waals surface area contributed by atoms with Gasteiger partial charge in [0.25, 0.3) is 0 Å². The summed E-state index contributed by atoms with van der Waals surface area (Å²) in [4.78, 5) is 16.8. The average molecular weight is 213 g/mol. The Bertz CT molecular complexity index is 321. The molecular weight excluding hydrogens is 202 g/mol. The number of carboxylic acids is 1. The molecule has 1 aromatic heterocycles. The van der Waals surface area contributed by atoms with E-state index >= 15 is 0 Å². The van der Waals surface area contributed by atoms with Crippen molar-refractivity contribution in [3.63, 3.8) is 0 Å². The van der Waals surface area contributed by atoms with Crippen molar-refractivity contribution in [2.24, 2.45) is 11.8 Å². The minimum Gasteiger partial charge on any atom is -0.481 e. The van der Waals surface area contributed by atoms with Crippen LogP contribution in [-0.4, -0.2) is 33.5 Å². The molecule has 1 fully saturated rings. The zero-order chi connectivity index (χ0) is 10.1. The molecule has 1 aliphatic heterocycles. The lowest BCUT2D eigenvalue weighted by molar-refractivity contribution is -0.143. The molecule has 1 aromatic rings. The lowest BCUT2D eigenvalue weighted by Gasteiger charge is -2.40. The van der Waals surface area contributed by atoms with Crippen LogP contribution in [0.25, 0.3) is 0 Å². The van der Waals surface area contributed by atoms with Crippen molar-refractivity contribution in [2.45, 2.75) is 6.92 Å². The summed E-state index contributed by atoms with van der Waals surface area (Å²) in [5.74, 6) is -0.734. The molecule has 14 heavy (non-hydrogen) atoms. The summed E-state index contributed by atoms with van der Waals surface area (Å²) < 4.78 is 3.90. The van der Waals surface area contributed by atoms with Gasteiger partial charge >= 0.3 is 5.97 Å². The number of rotatable bonds is 3. The zero-order valence-corrected chi connectivity index (χ0v) is 8.57. The molecule has 1 N–H and O–H groups in total. The van der Waals surface area contributed by atoms with Crippen molar-refractivity contribution in [3.8, 4) is 0 Å². The quantitative estimate of drug-likeness (QED) is 0.800. The van der Waals surface area contributed by atoms with Crippen LogP contribution < -0.4 is 4.90 Å². The molecule has 0 bridgehead atoms. The summed E-state index contributed by atoms with van der Waals surface area (Å²) in [5.41, 5.74) is 0. The van der Waals surface area contributed by atoms with Crippen LogP contribution >= 0.6 is 11.5 Å². The van der Waals surface area contributed by atoms with E-state index < -0.39 is 5.97 Å². The lowest BCUT2D eigenvalue weighted by Crippen LogP contribution is -2.51. The smallest absolute Gasteiger partial charge is 0.306 e. The van der Waals surface area contributed by atoms with E-state index in [4.69, 9.17) is 5.11 Å². The van der Waals surface area contributed by atoms with Gasteiger partial charge in [0, 0.05) is 30.5 Å². The van der Waals surface area contributed by atoms with Crippen molar-refractivity contribution >= 4 is 22.6 Å². The van der Waals surface area contributed by atoms with Crippen LogP contribution in [0.15, 0.2) is 6.33 Å². The molecule has 5 nitrogen and oxygen atoms in total. The number of anilines is 1. The number of hydrogen-bond donors (Lipinski definition) is 1. The topological polar surface area (TPSA) is 66.3 Å². The van der Waals surface area contributed by atoms with Crippen LogP contribution in [-0.2, 0) is 4.79 Å². The highest BCUT2D eigenvalue weighted by Crippen LogP contribution is 2.29. The number of aromatic nitrogens is 2. The molecule has 1 unspecified atom stereocenters. The van der Waals surface area contributed by atoms with Gasteiger partial charge in [-0.3, -0.25) is 4.79 Å². The van der Waals surface area contributed by atoms with Gasteiger partial charge in [-0.25, -0.2) is 4.98 Å². The molecule has 0 amide bonds. The summed E-state index contributed by atoms with van der Waals surface area (Å²) in [6.07, 6.45) is 1.52. The standard InChI is InChI=1S/C8H11N3O2S/c1-5(7(12)13)6-2-11(3-6)8-9-4-10-14-8/h4-6H,2-3H2,1H3,(H,12,13). The van der Waals surface area contributed by atoms with Gasteiger partial charge in [-0.1, -0.05) is 6.92 Å². The molecule has 76 valence electrons. The molecule has 0 radical (unpaired) electrons. The second-order valence-corrected chi connectivity index (χ2v) is 4.27. The van der Waals surface area contributed by atoms with Gasteiger partial charge in [0.05, 0.1) is 5.92 Å². The number of hydrogen-bond acceptors (Lipinski definition) is 5. The van der Waals surface area contributed by atoms with Gasteiger partial charge in [0.2, 0.25) is 5.13 Å². The summed E-state index contributed by atoms with van der Waals surface area (Å²) in [5, 5.41) is 9.68. The Morgan fingerprint density at radius 2 is 2.50 bits per heavy atom. The van der Waals surface area contributed by atoms with Crippen molar-refractivity contribution in [3.05, 3.63) is 6.33 Å². The third-order valence-corrected chi connectivity index (χ3v) is 3.35. The first-order chi connectivity index (χ1) is 6.68. The van der Waals surface area contributed by atoms with Crippen LogP contribution in [0.2, 0.25) is 0 Å². The van der Waals surface area contributed by atoms with E-state index in [1.54, 1.807) is 6.92 Å². The first kappa shape index (κ1) is 9.39. The molecule has 2 heterocycles. The largest absolute Gasteiger partial charge is 0.481 e. The van der Waals surface area contributed by atoms with E-state index in [1.807, 2.05) is 0 Å². The molecule has 1 saturated heterocycles. The van der Waals surface area contributed by atoms with E-state index in [1.165, 1.54) is 17.9 Å². The summed E-state index contributed by atoms with van der Waals surface area (Å²) >= 11 is 1.35. The third kappa shape index (κ3) is 1.57. The highest BCUT2D eigenvalue weighted by Gasteiger charge is 2.35. The number of carboxylic acid groups (broad SMARTS) is 1. The van der Waals surface area contributed by atoms with Gasteiger partial charge in [0.15, 0.2) is 0 Å². The van der Waals surface area contributed by atoms with Gasteiger partial charge < -0.3 is 10.0 Å². The van der Waals surface area contributed by atoms with E-state index in [0.29, 0.717) is 0 Å². The number of nitrogens with zero attached hydrogens (tertiary/aromatic N) is 3. The molecule has 1 aliphatic rings. The van der Waals surface area contributed by atoms with Crippen molar-refractivity contribution < 1.29 is 9.90 Å². The van der Waals surface area contributed by atoms with Gasteiger partial charge in [-0.05, 0) is 0 Å². The SMILES string of the molecule is CC(C(=O)O)C1CN(c2ncns2)C1. The average Bonchev–Trinajstić information content (AvgIpc) is 2.54. The summed E-state index contributed by atoms with van der Waals surface area (Å²) in [6, 6.07) is 0. The number of aliphatic carboxylic acids is 1. The Kier molecular flexibility index (Phi) is 2.37. The fraction of sp³-hybridized carbons (Fsp3) is 0.625. The van der Waals surface area contributed by atoms with E-state index in [-0.39, 0.29) is 11.8 Å². The van der Waals surface area contributed by atoms with Crippen LogP contribution in [0, 0.1) is 11.8 Å². The Balaban J connectivity index is 1.88. The van der Waals surface area contributed by atoms with E-state index in [9.17, 15) is 4.79 Å². The fourth-order valence-corrected chi connectivity index (χ4v) is 2.04. The van der Waals surface area contributed by atoms with Crippen molar-refractivity contribution in [1.82, 2.24) is 9.36 Å². The Morgan fingerprint density at radius 1 is 1.79 bits per heavy atom. The van der Waals surface area contributed by atoms with Crippen LogP contribution in [0.3, 0.4) is 0 Å². The maximum absolute atomic E-state index is 10.7. The predicted molar refractivity (Wildman–Crippen MR) is 52.4 cm³/mol. The Labute approximate surface area is 85.6 Å². The molecule has 6 heteroatoms. The maximum atomic E-state index is 10.7. The Hall–Kier alpha value is -1.17. The van der Waals surface area contributed by atoms with Crippen LogP contribution in [0.5, 0.6) is 0 Å². The van der Waals surface area contributed by atoms with Gasteiger partial charge in [-0.2, -0.15) is 4.37 Å². The van der Waals surface area contributed by atoms with Crippen molar-refractivity contribution in [2.75, 3.05) is 18.0 Å². The van der Waals surface area contributed by atoms with Crippen molar-refractivity contribution in [1.29, 1.82) is 0 Å². The van der Waals surface area contributed by atoms with Crippen LogP contribution in [0.4, 0.5) is 5.13 Å². The van der Waals surface area contributed by atoms with Crippen LogP contribution in [0.1, 0.15) is 6.92 Å². The Morgan fingerprint density at radius 3 is 3.00 bits per heavy atom.